The van der Waals surface area contributed by atoms with E-state index in [1.807, 2.05) is 0 Å². The molecule has 0 N–H and O–H groups in total. The average molecular weight is 265 g/mol. The molecule has 0 aliphatic carbocycles. The molecule has 0 radical (unpaired) electrons. The number of halogens is 4. The predicted octanol–water partition coefficient (Wildman–Crippen LogP) is 1.50. The number of rotatable bonds is 4. The number of carbonyl (C=O) groups is 1. The molecule has 1 atom stereocenters. The van der Waals surface area contributed by atoms with Crippen LogP contribution in [-0.4, -0.2) is 37.3 Å². The molecule has 0 saturated heterocycles. The van der Waals surface area contributed by atoms with Gasteiger partial charge in [-0.3, -0.25) is 4.79 Å². The van der Waals surface area contributed by atoms with E-state index in [4.69, 9.17) is 0 Å². The van der Waals surface area contributed by atoms with Crippen LogP contribution in [0.5, 0.6) is 0 Å². The molecule has 0 saturated carbocycles. The average Bonchev–Trinajstić information content (AvgIpc) is 2.00. The predicted molar refractivity (Wildman–Crippen MR) is 41.6 cm³/mol. The number of hydrogen-bond donors (Lipinski definition) is 0. The molecule has 0 aromatic carbocycles. The molecular weight excluding hydrogens is 257 g/mol. The number of ether oxygens (including phenoxy) is 2. The van der Waals surface area contributed by atoms with E-state index in [0.717, 1.165) is 7.11 Å². The van der Waals surface area contributed by atoms with Crippen LogP contribution in [-0.2, 0) is 14.3 Å². The quantitative estimate of drug-likeness (QED) is 0.570. The van der Waals surface area contributed by atoms with Crippen molar-refractivity contribution in [2.45, 2.75) is 11.0 Å². The first-order chi connectivity index (χ1) is 5.87. The van der Waals surface area contributed by atoms with Gasteiger partial charge in [-0.25, -0.2) is 0 Å². The summed E-state index contributed by atoms with van der Waals surface area (Å²) in [5.74, 6) is -0.665. The summed E-state index contributed by atoms with van der Waals surface area (Å²) in [4.78, 5) is 9.78. The molecule has 7 heteroatoms. The third kappa shape index (κ3) is 6.83. The molecule has 0 aromatic rings. The van der Waals surface area contributed by atoms with Crippen molar-refractivity contribution in [1.82, 2.24) is 0 Å². The lowest BCUT2D eigenvalue weighted by molar-refractivity contribution is -0.175. The van der Waals surface area contributed by atoms with Crippen molar-refractivity contribution < 1.29 is 27.4 Å². The summed E-state index contributed by atoms with van der Waals surface area (Å²) in [7, 11) is 1.14. The fourth-order valence-electron chi connectivity index (χ4n) is 0.474. The first-order valence-corrected chi connectivity index (χ1v) is 4.15. The fourth-order valence-corrected chi connectivity index (χ4v) is 0.848. The van der Waals surface area contributed by atoms with E-state index in [0.29, 0.717) is 0 Å². The molecule has 0 fully saturated rings. The second-order valence-electron chi connectivity index (χ2n) is 2.12. The van der Waals surface area contributed by atoms with Gasteiger partial charge in [0.1, 0.15) is 11.4 Å². The Bertz CT molecular complexity index is 171. The van der Waals surface area contributed by atoms with E-state index >= 15 is 0 Å². The van der Waals surface area contributed by atoms with Gasteiger partial charge in [-0.05, 0) is 0 Å². The van der Waals surface area contributed by atoms with Gasteiger partial charge < -0.3 is 9.47 Å². The van der Waals surface area contributed by atoms with Crippen molar-refractivity contribution in [3.8, 4) is 0 Å². The van der Waals surface area contributed by atoms with Gasteiger partial charge >= 0.3 is 12.1 Å². The second kappa shape index (κ2) is 5.43. The third-order valence-electron chi connectivity index (χ3n) is 0.987. The Balaban J connectivity index is 3.59. The molecule has 0 spiro atoms. The maximum atomic E-state index is 11.5. The third-order valence-corrected chi connectivity index (χ3v) is 1.62. The highest BCUT2D eigenvalue weighted by atomic mass is 79.9. The van der Waals surface area contributed by atoms with E-state index in [1.54, 1.807) is 0 Å². The number of carbonyl (C=O) groups excluding carboxylic acids is 1. The van der Waals surface area contributed by atoms with Gasteiger partial charge in [0.2, 0.25) is 0 Å². The largest absolute Gasteiger partial charge is 0.468 e. The van der Waals surface area contributed by atoms with Gasteiger partial charge in [-0.1, -0.05) is 15.9 Å². The van der Waals surface area contributed by atoms with Crippen LogP contribution in [0, 0.1) is 0 Å². The number of methoxy groups -OCH3 is 1. The molecule has 13 heavy (non-hydrogen) atoms. The van der Waals surface area contributed by atoms with Crippen LogP contribution in [0.15, 0.2) is 0 Å². The van der Waals surface area contributed by atoms with Crippen molar-refractivity contribution in [2.24, 2.45) is 0 Å². The number of alkyl halides is 4. The maximum Gasteiger partial charge on any atom is 0.411 e. The fraction of sp³-hybridized carbons (Fsp3) is 0.833. The van der Waals surface area contributed by atoms with Crippen molar-refractivity contribution in [1.29, 1.82) is 0 Å². The van der Waals surface area contributed by atoms with E-state index < -0.39 is 23.6 Å². The second-order valence-corrected chi connectivity index (χ2v) is 3.23. The van der Waals surface area contributed by atoms with Crippen molar-refractivity contribution >= 4 is 21.9 Å². The van der Waals surface area contributed by atoms with Gasteiger partial charge in [0, 0.05) is 0 Å². The standard InChI is InChI=1S/C6H8BrF3O3/c1-12-5(11)4(7)2-13-3-6(8,9)10/h4H,2-3H2,1H3. The van der Waals surface area contributed by atoms with Crippen LogP contribution in [0.4, 0.5) is 13.2 Å². The van der Waals surface area contributed by atoms with Crippen molar-refractivity contribution in [3.63, 3.8) is 0 Å². The number of esters is 1. The van der Waals surface area contributed by atoms with Crippen LogP contribution < -0.4 is 0 Å². The van der Waals surface area contributed by atoms with Crippen molar-refractivity contribution in [2.75, 3.05) is 20.3 Å². The lowest BCUT2D eigenvalue weighted by Gasteiger charge is -2.10. The lowest BCUT2D eigenvalue weighted by Crippen LogP contribution is -2.25. The molecule has 1 unspecified atom stereocenters. The summed E-state index contributed by atoms with van der Waals surface area (Å²) in [6, 6.07) is 0. The van der Waals surface area contributed by atoms with Crippen molar-refractivity contribution in [3.05, 3.63) is 0 Å². The van der Waals surface area contributed by atoms with Gasteiger partial charge in [-0.15, -0.1) is 0 Å². The highest BCUT2D eigenvalue weighted by molar-refractivity contribution is 9.10. The van der Waals surface area contributed by atoms with Crippen LogP contribution >= 0.6 is 15.9 Å². The lowest BCUT2D eigenvalue weighted by atomic mass is 10.5. The molecule has 0 aromatic heterocycles. The molecule has 0 rings (SSSR count). The van der Waals surface area contributed by atoms with E-state index in [9.17, 15) is 18.0 Å². The normalized spacial score (nSPS) is 13.9. The minimum atomic E-state index is -4.37. The van der Waals surface area contributed by atoms with E-state index in [2.05, 4.69) is 25.4 Å². The first kappa shape index (κ1) is 12.7. The Kier molecular flexibility index (Phi) is 5.31. The van der Waals surface area contributed by atoms with E-state index in [1.165, 1.54) is 0 Å². The summed E-state index contributed by atoms with van der Waals surface area (Å²) in [6.07, 6.45) is -4.37. The zero-order valence-electron chi connectivity index (χ0n) is 6.73. The molecule has 0 bridgehead atoms. The SMILES string of the molecule is COC(=O)C(Br)COCC(F)(F)F. The minimum Gasteiger partial charge on any atom is -0.468 e. The Morgan fingerprint density at radius 2 is 2.08 bits per heavy atom. The molecule has 0 aliphatic rings. The molecule has 3 nitrogen and oxygen atoms in total. The zero-order valence-corrected chi connectivity index (χ0v) is 8.31. The zero-order chi connectivity index (χ0) is 10.5. The first-order valence-electron chi connectivity index (χ1n) is 3.23. The molecule has 0 amide bonds. The van der Waals surface area contributed by atoms with Crippen LogP contribution in [0.3, 0.4) is 0 Å². The molecule has 78 valence electrons. The Morgan fingerprint density at radius 1 is 1.54 bits per heavy atom. The Hall–Kier alpha value is -0.300. The van der Waals surface area contributed by atoms with Gasteiger partial charge in [0.25, 0.3) is 0 Å². The van der Waals surface area contributed by atoms with Crippen LogP contribution in [0.1, 0.15) is 0 Å². The van der Waals surface area contributed by atoms with Gasteiger partial charge in [0.15, 0.2) is 0 Å². The van der Waals surface area contributed by atoms with Crippen LogP contribution in [0.2, 0.25) is 0 Å². The Morgan fingerprint density at radius 3 is 2.46 bits per heavy atom. The van der Waals surface area contributed by atoms with Crippen LogP contribution in [0.25, 0.3) is 0 Å². The summed E-state index contributed by atoms with van der Waals surface area (Å²) in [6.45, 7) is -1.74. The van der Waals surface area contributed by atoms with Gasteiger partial charge in [0.05, 0.1) is 13.7 Å². The smallest absolute Gasteiger partial charge is 0.411 e. The number of hydrogen-bond acceptors (Lipinski definition) is 3. The van der Waals surface area contributed by atoms with E-state index in [-0.39, 0.29) is 6.61 Å². The maximum absolute atomic E-state index is 11.5. The summed E-state index contributed by atoms with van der Waals surface area (Å²) >= 11 is 2.80. The minimum absolute atomic E-state index is 0.369. The topological polar surface area (TPSA) is 35.5 Å². The summed E-state index contributed by atoms with van der Waals surface area (Å²) in [5, 5.41) is 0. The highest BCUT2D eigenvalue weighted by Gasteiger charge is 2.28. The van der Waals surface area contributed by atoms with Gasteiger partial charge in [-0.2, -0.15) is 13.2 Å². The monoisotopic (exact) mass is 264 g/mol. The molecule has 0 heterocycles. The Labute approximate surface area is 81.3 Å². The molecular formula is C6H8BrF3O3. The molecule has 0 aliphatic heterocycles. The summed E-state index contributed by atoms with van der Waals surface area (Å²) < 4.78 is 43.1. The summed E-state index contributed by atoms with van der Waals surface area (Å²) in [5.41, 5.74) is 0. The highest BCUT2D eigenvalue weighted by Crippen LogP contribution is 2.15.